The van der Waals surface area contributed by atoms with Crippen LogP contribution in [0.25, 0.3) is 5.57 Å². The summed E-state index contributed by atoms with van der Waals surface area (Å²) in [6, 6.07) is 12.8. The molecule has 0 amide bonds. The smallest absolute Gasteiger partial charge is 0.123 e. The summed E-state index contributed by atoms with van der Waals surface area (Å²) < 4.78 is 28.5. The first-order valence-corrected chi connectivity index (χ1v) is 11.5. The fourth-order valence-corrected chi connectivity index (χ4v) is 4.32. The van der Waals surface area contributed by atoms with E-state index in [1.807, 2.05) is 20.2 Å². The van der Waals surface area contributed by atoms with E-state index >= 15 is 4.39 Å². The number of fused-ring (bicyclic) bond motifs is 1. The molecule has 0 radical (unpaired) electrons. The van der Waals surface area contributed by atoms with Crippen molar-refractivity contribution < 1.29 is 8.78 Å². The Bertz CT molecular complexity index is 1120. The second-order valence-electron chi connectivity index (χ2n) is 9.19. The quantitative estimate of drug-likeness (QED) is 0.553. The van der Waals surface area contributed by atoms with Crippen molar-refractivity contribution in [2.45, 2.75) is 19.9 Å². The Morgan fingerprint density at radius 3 is 2.58 bits per heavy atom. The highest BCUT2D eigenvalue weighted by molar-refractivity contribution is 5.76. The lowest BCUT2D eigenvalue weighted by Gasteiger charge is -2.28. The van der Waals surface area contributed by atoms with Crippen LogP contribution in [0.1, 0.15) is 30.0 Å². The van der Waals surface area contributed by atoms with Crippen LogP contribution in [0.3, 0.4) is 0 Å². The van der Waals surface area contributed by atoms with Crippen molar-refractivity contribution >= 4 is 11.3 Å². The number of rotatable bonds is 8. The molecule has 4 rings (SSSR count). The van der Waals surface area contributed by atoms with E-state index in [1.54, 1.807) is 12.1 Å². The topological polar surface area (TPSA) is 18.5 Å². The van der Waals surface area contributed by atoms with Crippen LogP contribution in [0.15, 0.2) is 59.9 Å². The molecule has 3 nitrogen and oxygen atoms in total. The normalized spacial score (nSPS) is 17.4. The first-order valence-electron chi connectivity index (χ1n) is 11.5. The molecule has 1 unspecified atom stereocenters. The number of benzene rings is 2. The van der Waals surface area contributed by atoms with Gasteiger partial charge in [0.1, 0.15) is 11.6 Å². The third kappa shape index (κ3) is 5.90. The Morgan fingerprint density at radius 1 is 1.03 bits per heavy atom. The molecule has 0 saturated carbocycles. The lowest BCUT2D eigenvalue weighted by molar-refractivity contribution is 0.249. The number of halogens is 2. The predicted octanol–water partition coefficient (Wildman–Crippen LogP) is 5.31. The molecule has 33 heavy (non-hydrogen) atoms. The van der Waals surface area contributed by atoms with E-state index in [2.05, 4.69) is 52.1 Å². The largest absolute Gasteiger partial charge is 0.373 e. The van der Waals surface area contributed by atoms with Crippen LogP contribution in [-0.2, 0) is 6.54 Å². The first kappa shape index (κ1) is 23.2. The molecule has 2 aromatic carbocycles. The van der Waals surface area contributed by atoms with Crippen LogP contribution in [-0.4, -0.2) is 50.1 Å². The third-order valence-electron chi connectivity index (χ3n) is 6.21. The summed E-state index contributed by atoms with van der Waals surface area (Å²) in [6.07, 6.45) is 2.43. The summed E-state index contributed by atoms with van der Waals surface area (Å²) >= 11 is 0. The molecule has 1 aliphatic heterocycles. The van der Waals surface area contributed by atoms with Gasteiger partial charge in [-0.05, 0) is 66.6 Å². The van der Waals surface area contributed by atoms with Gasteiger partial charge in [0, 0.05) is 38.2 Å². The van der Waals surface area contributed by atoms with Crippen LogP contribution in [0.5, 0.6) is 0 Å². The molecule has 2 aromatic rings. The van der Waals surface area contributed by atoms with E-state index in [-0.39, 0.29) is 17.6 Å². The maximum atomic E-state index is 15.1. The Balaban J connectivity index is 1.58. The minimum Gasteiger partial charge on any atom is -0.373 e. The zero-order valence-corrected chi connectivity index (χ0v) is 19.6. The molecule has 0 aromatic heterocycles. The van der Waals surface area contributed by atoms with Crippen LogP contribution in [0.2, 0.25) is 0 Å². The first-order chi connectivity index (χ1) is 15.9. The lowest BCUT2D eigenvalue weighted by atomic mass is 9.84. The van der Waals surface area contributed by atoms with E-state index in [1.165, 1.54) is 12.1 Å². The van der Waals surface area contributed by atoms with Crippen molar-refractivity contribution in [2.24, 2.45) is 5.92 Å². The van der Waals surface area contributed by atoms with Crippen LogP contribution in [0, 0.1) is 23.6 Å². The second-order valence-corrected chi connectivity index (χ2v) is 9.19. The molecule has 1 N–H and O–H groups in total. The maximum absolute atomic E-state index is 15.1. The highest BCUT2D eigenvalue weighted by atomic mass is 19.1. The molecule has 0 bridgehead atoms. The Labute approximate surface area is 195 Å². The number of hydrogen-bond acceptors (Lipinski definition) is 3. The van der Waals surface area contributed by atoms with Crippen LogP contribution < -0.4 is 5.32 Å². The minimum atomic E-state index is -0.244. The second kappa shape index (κ2) is 10.3. The number of nitrogens with zero attached hydrogens (tertiary/aromatic N) is 2. The van der Waals surface area contributed by atoms with Gasteiger partial charge >= 0.3 is 0 Å². The number of allylic oxidation sites excluding steroid dienone is 2. The van der Waals surface area contributed by atoms with Crippen molar-refractivity contribution in [3.8, 4) is 11.8 Å². The SMILES string of the molecule is CC1CC(F)=C(CN(CCN(C)C)Cc2ccc(F)cc2)C=C1c1ccc2c(c1)C#CCN2. The number of likely N-dealkylation sites (N-methyl/N-ethyl adjacent to an activating group) is 1. The van der Waals surface area contributed by atoms with Gasteiger partial charge in [-0.3, -0.25) is 4.90 Å². The summed E-state index contributed by atoms with van der Waals surface area (Å²) in [4.78, 5) is 4.35. The zero-order chi connectivity index (χ0) is 23.4. The fraction of sp³-hybridized carbons (Fsp3) is 0.357. The molecule has 1 atom stereocenters. The van der Waals surface area contributed by atoms with Crippen molar-refractivity contribution in [3.05, 3.63) is 82.4 Å². The van der Waals surface area contributed by atoms with E-state index in [9.17, 15) is 4.39 Å². The van der Waals surface area contributed by atoms with Gasteiger partial charge in [-0.1, -0.05) is 43.0 Å². The molecule has 1 heterocycles. The van der Waals surface area contributed by atoms with E-state index < -0.39 is 0 Å². The van der Waals surface area contributed by atoms with E-state index in [0.29, 0.717) is 26.1 Å². The monoisotopic (exact) mass is 447 g/mol. The van der Waals surface area contributed by atoms with Gasteiger partial charge in [-0.25, -0.2) is 8.78 Å². The van der Waals surface area contributed by atoms with Crippen LogP contribution in [0.4, 0.5) is 14.5 Å². The van der Waals surface area contributed by atoms with Gasteiger partial charge in [0.2, 0.25) is 0 Å². The molecule has 5 heteroatoms. The van der Waals surface area contributed by atoms with E-state index in [0.717, 1.165) is 46.6 Å². The molecule has 172 valence electrons. The summed E-state index contributed by atoms with van der Waals surface area (Å²) in [5.74, 6) is 6.11. The average Bonchev–Trinajstić information content (AvgIpc) is 2.80. The Hall–Kier alpha value is -2.94. The average molecular weight is 448 g/mol. The summed E-state index contributed by atoms with van der Waals surface area (Å²) in [6.45, 7) is 5.55. The van der Waals surface area contributed by atoms with Gasteiger partial charge in [0.15, 0.2) is 0 Å². The Morgan fingerprint density at radius 2 is 1.82 bits per heavy atom. The van der Waals surface area contributed by atoms with Crippen LogP contribution >= 0.6 is 0 Å². The van der Waals surface area contributed by atoms with Gasteiger partial charge in [-0.2, -0.15) is 0 Å². The fourth-order valence-electron chi connectivity index (χ4n) is 4.32. The molecular weight excluding hydrogens is 416 g/mol. The Kier molecular flexibility index (Phi) is 7.27. The highest BCUT2D eigenvalue weighted by Gasteiger charge is 2.23. The number of nitrogens with one attached hydrogen (secondary N) is 1. The number of hydrogen-bond donors (Lipinski definition) is 1. The molecular formula is C28H31F2N3. The van der Waals surface area contributed by atoms with Gasteiger partial charge in [0.25, 0.3) is 0 Å². The van der Waals surface area contributed by atoms with Gasteiger partial charge < -0.3 is 10.2 Å². The van der Waals surface area contributed by atoms with Gasteiger partial charge in [0.05, 0.1) is 12.2 Å². The molecule has 2 aliphatic rings. The number of anilines is 1. The summed E-state index contributed by atoms with van der Waals surface area (Å²) in [5, 5.41) is 3.30. The van der Waals surface area contributed by atoms with Crippen molar-refractivity contribution in [3.63, 3.8) is 0 Å². The minimum absolute atomic E-state index is 0.0420. The van der Waals surface area contributed by atoms with Crippen molar-refractivity contribution in [2.75, 3.05) is 45.6 Å². The predicted molar refractivity (Wildman–Crippen MR) is 132 cm³/mol. The van der Waals surface area contributed by atoms with Crippen molar-refractivity contribution in [1.82, 2.24) is 9.80 Å². The summed E-state index contributed by atoms with van der Waals surface area (Å²) in [5.41, 5.74) is 6.04. The van der Waals surface area contributed by atoms with Crippen molar-refractivity contribution in [1.29, 1.82) is 0 Å². The molecule has 1 aliphatic carbocycles. The third-order valence-corrected chi connectivity index (χ3v) is 6.21. The molecule has 0 fully saturated rings. The maximum Gasteiger partial charge on any atom is 0.123 e. The lowest BCUT2D eigenvalue weighted by Crippen LogP contribution is -2.33. The standard InChI is InChI=1S/C28H31F2N3/c1-20-15-27(30)24(17-26(20)22-8-11-28-23(16-22)5-4-12-31-28)19-33(14-13-32(2)3)18-21-6-9-25(29)10-7-21/h6-11,16-17,20,31H,12-15,18-19H2,1-3H3. The summed E-state index contributed by atoms with van der Waals surface area (Å²) in [7, 11) is 4.06. The zero-order valence-electron chi connectivity index (χ0n) is 19.6. The molecule has 0 saturated heterocycles. The highest BCUT2D eigenvalue weighted by Crippen LogP contribution is 2.37. The van der Waals surface area contributed by atoms with Gasteiger partial charge in [-0.15, -0.1) is 0 Å². The van der Waals surface area contributed by atoms with E-state index in [4.69, 9.17) is 0 Å². The molecule has 0 spiro atoms.